The lowest BCUT2D eigenvalue weighted by Crippen LogP contribution is -2.00. The third-order valence-corrected chi connectivity index (χ3v) is 2.38. The zero-order chi connectivity index (χ0) is 9.84. The van der Waals surface area contributed by atoms with Gasteiger partial charge in [0.15, 0.2) is 0 Å². The van der Waals surface area contributed by atoms with Gasteiger partial charge in [-0.1, -0.05) is 36.2 Å². The number of hydrogen-bond donors (Lipinski definition) is 0. The fourth-order valence-corrected chi connectivity index (χ4v) is 1.48. The smallest absolute Gasteiger partial charge is 0.137 e. The van der Waals surface area contributed by atoms with E-state index in [-0.39, 0.29) is 5.78 Å². The molecule has 0 aliphatic heterocycles. The second-order valence-corrected chi connectivity index (χ2v) is 3.65. The Kier molecular flexibility index (Phi) is 3.76. The van der Waals surface area contributed by atoms with Crippen molar-refractivity contribution >= 4 is 29.0 Å². The second kappa shape index (κ2) is 4.64. The van der Waals surface area contributed by atoms with Crippen LogP contribution in [0.5, 0.6) is 0 Å². The van der Waals surface area contributed by atoms with Crippen LogP contribution in [0, 0.1) is 0 Å². The predicted octanol–water partition coefficient (Wildman–Crippen LogP) is 3.52. The third-order valence-electron chi connectivity index (χ3n) is 1.80. The number of halogens is 2. The number of hydrogen-bond acceptors (Lipinski definition) is 1. The Morgan fingerprint density at radius 3 is 2.62 bits per heavy atom. The van der Waals surface area contributed by atoms with E-state index < -0.39 is 0 Å². The minimum Gasteiger partial charge on any atom is -0.299 e. The SMILES string of the molecule is CCC(=O)Cc1ccc(Cl)cc1Cl. The molecule has 0 fully saturated rings. The van der Waals surface area contributed by atoms with E-state index in [2.05, 4.69) is 0 Å². The lowest BCUT2D eigenvalue weighted by molar-refractivity contribution is -0.118. The van der Waals surface area contributed by atoms with Crippen LogP contribution in [0.25, 0.3) is 0 Å². The fourth-order valence-electron chi connectivity index (χ4n) is 1.00. The van der Waals surface area contributed by atoms with Crippen molar-refractivity contribution in [2.75, 3.05) is 0 Å². The Balaban J connectivity index is 2.83. The van der Waals surface area contributed by atoms with Crippen molar-refractivity contribution in [1.29, 1.82) is 0 Å². The molecule has 0 heterocycles. The summed E-state index contributed by atoms with van der Waals surface area (Å²) in [4.78, 5) is 11.1. The molecule has 0 aliphatic rings. The minimum absolute atomic E-state index is 0.184. The molecule has 13 heavy (non-hydrogen) atoms. The summed E-state index contributed by atoms with van der Waals surface area (Å²) in [6, 6.07) is 5.19. The van der Waals surface area contributed by atoms with Gasteiger partial charge in [-0.05, 0) is 17.7 Å². The molecule has 70 valence electrons. The van der Waals surface area contributed by atoms with Crippen molar-refractivity contribution in [3.8, 4) is 0 Å². The van der Waals surface area contributed by atoms with Crippen LogP contribution < -0.4 is 0 Å². The normalized spacial score (nSPS) is 10.1. The molecule has 0 spiro atoms. The van der Waals surface area contributed by atoms with Gasteiger partial charge in [0.25, 0.3) is 0 Å². The van der Waals surface area contributed by atoms with Gasteiger partial charge in [-0.3, -0.25) is 4.79 Å². The van der Waals surface area contributed by atoms with Gasteiger partial charge in [-0.15, -0.1) is 0 Å². The topological polar surface area (TPSA) is 17.1 Å². The Hall–Kier alpha value is -0.530. The molecule has 3 heteroatoms. The molecule has 1 aromatic carbocycles. The molecule has 0 aliphatic carbocycles. The van der Waals surface area contributed by atoms with Crippen molar-refractivity contribution in [2.45, 2.75) is 19.8 Å². The summed E-state index contributed by atoms with van der Waals surface area (Å²) in [5, 5.41) is 1.16. The van der Waals surface area contributed by atoms with Crippen molar-refractivity contribution < 1.29 is 4.79 Å². The number of benzene rings is 1. The van der Waals surface area contributed by atoms with Crippen LogP contribution in [0.15, 0.2) is 18.2 Å². The first kappa shape index (κ1) is 10.6. The molecule has 1 rings (SSSR count). The van der Waals surface area contributed by atoms with Crippen LogP contribution in [-0.2, 0) is 11.2 Å². The van der Waals surface area contributed by atoms with E-state index in [1.54, 1.807) is 18.2 Å². The average Bonchev–Trinajstić information content (AvgIpc) is 2.09. The Bertz CT molecular complexity index is 321. The van der Waals surface area contributed by atoms with Crippen LogP contribution in [0.3, 0.4) is 0 Å². The third kappa shape index (κ3) is 3.02. The van der Waals surface area contributed by atoms with Crippen molar-refractivity contribution in [3.63, 3.8) is 0 Å². The molecule has 1 aromatic rings. The number of rotatable bonds is 3. The Morgan fingerprint density at radius 2 is 2.08 bits per heavy atom. The van der Waals surface area contributed by atoms with Gasteiger partial charge in [0, 0.05) is 22.9 Å². The lowest BCUT2D eigenvalue weighted by atomic mass is 10.1. The number of ketones is 1. The number of carbonyl (C=O) groups excluding carboxylic acids is 1. The molecule has 0 amide bonds. The van der Waals surface area contributed by atoms with E-state index in [0.717, 1.165) is 5.56 Å². The van der Waals surface area contributed by atoms with E-state index in [1.165, 1.54) is 0 Å². The van der Waals surface area contributed by atoms with Crippen molar-refractivity contribution in [1.82, 2.24) is 0 Å². The standard InChI is InChI=1S/C10H10Cl2O/c1-2-9(13)5-7-3-4-8(11)6-10(7)12/h3-4,6H,2,5H2,1H3. The summed E-state index contributed by atoms with van der Waals surface area (Å²) in [6.45, 7) is 1.84. The molecular weight excluding hydrogens is 207 g/mol. The number of Topliss-reactive ketones (excluding diaryl/α,β-unsaturated/α-hetero) is 1. The molecular formula is C10H10Cl2O. The van der Waals surface area contributed by atoms with E-state index in [9.17, 15) is 4.79 Å². The summed E-state index contributed by atoms with van der Waals surface area (Å²) in [5.41, 5.74) is 0.845. The van der Waals surface area contributed by atoms with Gasteiger partial charge >= 0.3 is 0 Å². The molecule has 0 N–H and O–H groups in total. The summed E-state index contributed by atoms with van der Waals surface area (Å²) >= 11 is 11.6. The first-order chi connectivity index (χ1) is 6.13. The van der Waals surface area contributed by atoms with Gasteiger partial charge in [-0.2, -0.15) is 0 Å². The highest BCUT2D eigenvalue weighted by Gasteiger charge is 2.05. The first-order valence-electron chi connectivity index (χ1n) is 4.09. The molecule has 0 saturated carbocycles. The molecule has 0 radical (unpaired) electrons. The molecule has 0 aromatic heterocycles. The van der Waals surface area contributed by atoms with Gasteiger partial charge < -0.3 is 0 Å². The van der Waals surface area contributed by atoms with Crippen molar-refractivity contribution in [2.24, 2.45) is 0 Å². The Labute approximate surface area is 87.7 Å². The molecule has 0 unspecified atom stereocenters. The average molecular weight is 217 g/mol. The second-order valence-electron chi connectivity index (χ2n) is 2.80. The summed E-state index contributed by atoms with van der Waals surface area (Å²) < 4.78 is 0. The van der Waals surface area contributed by atoms with Crippen LogP contribution >= 0.6 is 23.2 Å². The molecule has 1 nitrogen and oxygen atoms in total. The summed E-state index contributed by atoms with van der Waals surface area (Å²) in [5.74, 6) is 0.184. The van der Waals surface area contributed by atoms with E-state index in [1.807, 2.05) is 6.92 Å². The Morgan fingerprint density at radius 1 is 1.38 bits per heavy atom. The zero-order valence-corrected chi connectivity index (χ0v) is 8.82. The highest BCUT2D eigenvalue weighted by atomic mass is 35.5. The molecule has 0 saturated heterocycles. The van der Waals surface area contributed by atoms with Crippen molar-refractivity contribution in [3.05, 3.63) is 33.8 Å². The van der Waals surface area contributed by atoms with Crippen LogP contribution in [0.4, 0.5) is 0 Å². The maximum Gasteiger partial charge on any atom is 0.137 e. The monoisotopic (exact) mass is 216 g/mol. The van der Waals surface area contributed by atoms with E-state index in [0.29, 0.717) is 22.9 Å². The van der Waals surface area contributed by atoms with Gasteiger partial charge in [-0.25, -0.2) is 0 Å². The largest absolute Gasteiger partial charge is 0.299 e. The first-order valence-corrected chi connectivity index (χ1v) is 4.84. The van der Waals surface area contributed by atoms with Gasteiger partial charge in [0.1, 0.15) is 5.78 Å². The maximum absolute atomic E-state index is 11.1. The summed E-state index contributed by atoms with van der Waals surface area (Å²) in [7, 11) is 0. The molecule has 0 atom stereocenters. The van der Waals surface area contributed by atoms with Crippen LogP contribution in [-0.4, -0.2) is 5.78 Å². The highest BCUT2D eigenvalue weighted by molar-refractivity contribution is 6.35. The maximum atomic E-state index is 11.1. The van der Waals surface area contributed by atoms with Crippen LogP contribution in [0.1, 0.15) is 18.9 Å². The zero-order valence-electron chi connectivity index (χ0n) is 7.31. The quantitative estimate of drug-likeness (QED) is 0.756. The van der Waals surface area contributed by atoms with Gasteiger partial charge in [0.2, 0.25) is 0 Å². The van der Waals surface area contributed by atoms with Gasteiger partial charge in [0.05, 0.1) is 0 Å². The minimum atomic E-state index is 0.184. The van der Waals surface area contributed by atoms with Crippen LogP contribution in [0.2, 0.25) is 10.0 Å². The molecule has 0 bridgehead atoms. The highest BCUT2D eigenvalue weighted by Crippen LogP contribution is 2.21. The number of carbonyl (C=O) groups is 1. The lowest BCUT2D eigenvalue weighted by Gasteiger charge is -2.02. The van der Waals surface area contributed by atoms with E-state index in [4.69, 9.17) is 23.2 Å². The predicted molar refractivity (Wildman–Crippen MR) is 55.5 cm³/mol. The summed E-state index contributed by atoms with van der Waals surface area (Å²) in [6.07, 6.45) is 0.936. The fraction of sp³-hybridized carbons (Fsp3) is 0.300. The van der Waals surface area contributed by atoms with E-state index >= 15 is 0 Å².